The van der Waals surface area contributed by atoms with E-state index < -0.39 is 12.0 Å². The molecule has 1 fully saturated rings. The summed E-state index contributed by atoms with van der Waals surface area (Å²) in [4.78, 5) is 35.1. The van der Waals surface area contributed by atoms with E-state index in [1.807, 2.05) is 24.3 Å². The molecule has 1 amide bonds. The summed E-state index contributed by atoms with van der Waals surface area (Å²) in [5.74, 6) is -0.372. The molecular formula is C20H18N6O4. The van der Waals surface area contributed by atoms with Gasteiger partial charge in [-0.25, -0.2) is 14.8 Å². The number of aliphatic carboxylic acids is 1. The number of hydrogen-bond acceptors (Lipinski definition) is 7. The number of para-hydroxylation sites is 1. The van der Waals surface area contributed by atoms with Crippen LogP contribution in [0.5, 0.6) is 0 Å². The second-order valence-electron chi connectivity index (χ2n) is 7.27. The molecule has 1 aliphatic rings. The number of rotatable bonds is 4. The Morgan fingerprint density at radius 2 is 2.13 bits per heavy atom. The first-order valence-electron chi connectivity index (χ1n) is 9.46. The molecule has 4 heterocycles. The minimum absolute atomic E-state index is 0.240. The lowest BCUT2D eigenvalue weighted by molar-refractivity contribution is -0.138. The molecule has 10 nitrogen and oxygen atoms in total. The Bertz CT molecular complexity index is 1270. The molecule has 2 atom stereocenters. The SMILES string of the molecule is Cc1nc(N2CC(NC(=O)c3cn[nH]c3)CC2C(=O)O)c2oc3ccccc3c2n1. The average Bonchev–Trinajstić information content (AvgIpc) is 3.46. The number of benzene rings is 1. The fourth-order valence-corrected chi connectivity index (χ4v) is 3.93. The molecule has 3 N–H and O–H groups in total. The van der Waals surface area contributed by atoms with E-state index in [-0.39, 0.29) is 24.9 Å². The van der Waals surface area contributed by atoms with Gasteiger partial charge in [0.05, 0.1) is 11.8 Å². The summed E-state index contributed by atoms with van der Waals surface area (Å²) in [5.41, 5.74) is 2.13. The number of aromatic nitrogens is 4. The average molecular weight is 406 g/mol. The molecule has 10 heteroatoms. The molecule has 1 aromatic carbocycles. The topological polar surface area (TPSA) is 137 Å². The van der Waals surface area contributed by atoms with Gasteiger partial charge < -0.3 is 19.7 Å². The van der Waals surface area contributed by atoms with Crippen LogP contribution in [0.15, 0.2) is 41.1 Å². The molecule has 4 aromatic rings. The molecule has 0 saturated carbocycles. The lowest BCUT2D eigenvalue weighted by Crippen LogP contribution is -2.38. The van der Waals surface area contributed by atoms with Gasteiger partial charge in [-0.2, -0.15) is 5.10 Å². The Balaban J connectivity index is 1.54. The Morgan fingerprint density at radius 3 is 2.90 bits per heavy atom. The lowest BCUT2D eigenvalue weighted by Gasteiger charge is -2.22. The summed E-state index contributed by atoms with van der Waals surface area (Å²) in [6.07, 6.45) is 3.15. The number of furan rings is 1. The summed E-state index contributed by atoms with van der Waals surface area (Å²) in [6, 6.07) is 6.27. The fourth-order valence-electron chi connectivity index (χ4n) is 3.93. The minimum atomic E-state index is -0.990. The number of carboxylic acids is 1. The van der Waals surface area contributed by atoms with Crippen LogP contribution in [0.2, 0.25) is 0 Å². The Hall–Kier alpha value is -3.95. The molecule has 2 unspecified atom stereocenters. The highest BCUT2D eigenvalue weighted by Gasteiger charge is 2.40. The van der Waals surface area contributed by atoms with Crippen LogP contribution < -0.4 is 10.2 Å². The van der Waals surface area contributed by atoms with Crippen LogP contribution in [0.4, 0.5) is 5.82 Å². The number of anilines is 1. The first-order chi connectivity index (χ1) is 14.5. The third kappa shape index (κ3) is 2.93. The van der Waals surface area contributed by atoms with E-state index in [2.05, 4.69) is 25.5 Å². The fraction of sp³-hybridized carbons (Fsp3) is 0.250. The molecule has 5 rings (SSSR count). The van der Waals surface area contributed by atoms with Crippen molar-refractivity contribution in [2.45, 2.75) is 25.4 Å². The molecule has 3 aromatic heterocycles. The summed E-state index contributed by atoms with van der Waals surface area (Å²) in [7, 11) is 0. The van der Waals surface area contributed by atoms with Crippen LogP contribution in [0.1, 0.15) is 22.6 Å². The van der Waals surface area contributed by atoms with Gasteiger partial charge in [-0.05, 0) is 19.1 Å². The first kappa shape index (κ1) is 18.1. The van der Waals surface area contributed by atoms with Gasteiger partial charge >= 0.3 is 5.97 Å². The lowest BCUT2D eigenvalue weighted by atomic mass is 10.1. The van der Waals surface area contributed by atoms with Crippen LogP contribution in [0.25, 0.3) is 22.1 Å². The number of nitrogens with zero attached hydrogens (tertiary/aromatic N) is 4. The van der Waals surface area contributed by atoms with Crippen LogP contribution in [0.3, 0.4) is 0 Å². The minimum Gasteiger partial charge on any atom is -0.480 e. The summed E-state index contributed by atoms with van der Waals surface area (Å²) >= 11 is 0. The van der Waals surface area contributed by atoms with Crippen molar-refractivity contribution in [3.63, 3.8) is 0 Å². The van der Waals surface area contributed by atoms with E-state index in [1.54, 1.807) is 11.8 Å². The summed E-state index contributed by atoms with van der Waals surface area (Å²) < 4.78 is 5.99. The zero-order valence-corrected chi connectivity index (χ0v) is 16.0. The predicted molar refractivity (Wildman–Crippen MR) is 107 cm³/mol. The number of carbonyl (C=O) groups excluding carboxylic acids is 1. The Labute approximate surface area is 169 Å². The molecule has 1 aliphatic heterocycles. The van der Waals surface area contributed by atoms with Gasteiger partial charge in [0.15, 0.2) is 11.4 Å². The van der Waals surface area contributed by atoms with Crippen molar-refractivity contribution in [1.29, 1.82) is 0 Å². The number of carboxylic acid groups (broad SMARTS) is 1. The van der Waals surface area contributed by atoms with E-state index in [0.717, 1.165) is 5.39 Å². The van der Waals surface area contributed by atoms with Crippen molar-refractivity contribution >= 4 is 39.8 Å². The molecule has 0 aliphatic carbocycles. The number of amides is 1. The Morgan fingerprint density at radius 1 is 1.30 bits per heavy atom. The van der Waals surface area contributed by atoms with Crippen LogP contribution in [-0.2, 0) is 4.79 Å². The van der Waals surface area contributed by atoms with Crippen molar-refractivity contribution in [2.24, 2.45) is 0 Å². The zero-order valence-electron chi connectivity index (χ0n) is 16.0. The monoisotopic (exact) mass is 406 g/mol. The highest BCUT2D eigenvalue weighted by atomic mass is 16.4. The normalized spacial score (nSPS) is 18.9. The third-order valence-corrected chi connectivity index (χ3v) is 5.27. The van der Waals surface area contributed by atoms with Gasteiger partial charge in [-0.1, -0.05) is 12.1 Å². The molecule has 30 heavy (non-hydrogen) atoms. The Kier molecular flexibility index (Phi) is 4.12. The van der Waals surface area contributed by atoms with E-state index in [4.69, 9.17) is 4.42 Å². The van der Waals surface area contributed by atoms with E-state index in [1.165, 1.54) is 12.4 Å². The number of H-pyrrole nitrogens is 1. The highest BCUT2D eigenvalue weighted by Crippen LogP contribution is 2.35. The van der Waals surface area contributed by atoms with Gasteiger partial charge in [-0.15, -0.1) is 0 Å². The molecule has 0 radical (unpaired) electrons. The van der Waals surface area contributed by atoms with Crippen molar-refractivity contribution in [3.8, 4) is 0 Å². The maximum atomic E-state index is 12.4. The number of carbonyl (C=O) groups is 2. The number of aromatic amines is 1. The first-order valence-corrected chi connectivity index (χ1v) is 9.46. The third-order valence-electron chi connectivity index (χ3n) is 5.27. The smallest absolute Gasteiger partial charge is 0.326 e. The standard InChI is InChI=1S/C20H18N6O4/c1-10-23-16-13-4-2-3-5-15(13)30-17(16)18(24-10)26-9-12(6-14(26)20(28)29)25-19(27)11-7-21-22-8-11/h2-5,7-8,12,14H,6,9H2,1H3,(H,21,22)(H,25,27)(H,28,29). The van der Waals surface area contributed by atoms with E-state index in [0.29, 0.717) is 33.9 Å². The van der Waals surface area contributed by atoms with Gasteiger partial charge in [0.1, 0.15) is 23.0 Å². The van der Waals surface area contributed by atoms with Gasteiger partial charge in [0.2, 0.25) is 0 Å². The molecule has 0 spiro atoms. The molecule has 0 bridgehead atoms. The van der Waals surface area contributed by atoms with Gasteiger partial charge in [0.25, 0.3) is 5.91 Å². The number of hydrogen-bond donors (Lipinski definition) is 3. The van der Waals surface area contributed by atoms with E-state index in [9.17, 15) is 14.7 Å². The van der Waals surface area contributed by atoms with Crippen molar-refractivity contribution in [3.05, 3.63) is 48.0 Å². The summed E-state index contributed by atoms with van der Waals surface area (Å²) in [6.45, 7) is 2.04. The van der Waals surface area contributed by atoms with Gasteiger partial charge in [-0.3, -0.25) is 9.89 Å². The van der Waals surface area contributed by atoms with Crippen LogP contribution >= 0.6 is 0 Å². The van der Waals surface area contributed by atoms with E-state index >= 15 is 0 Å². The van der Waals surface area contributed by atoms with Gasteiger partial charge in [0, 0.05) is 30.6 Å². The second-order valence-corrected chi connectivity index (χ2v) is 7.27. The second kappa shape index (κ2) is 6.83. The van der Waals surface area contributed by atoms with Crippen molar-refractivity contribution in [1.82, 2.24) is 25.5 Å². The maximum absolute atomic E-state index is 12.4. The quantitative estimate of drug-likeness (QED) is 0.467. The molecular weight excluding hydrogens is 388 g/mol. The van der Waals surface area contributed by atoms with Crippen LogP contribution in [0, 0.1) is 6.92 Å². The number of fused-ring (bicyclic) bond motifs is 3. The number of aryl methyl sites for hydroxylation is 1. The predicted octanol–water partition coefficient (Wildman–Crippen LogP) is 1.87. The largest absolute Gasteiger partial charge is 0.480 e. The van der Waals surface area contributed by atoms with Crippen LogP contribution in [-0.4, -0.2) is 55.8 Å². The molecule has 1 saturated heterocycles. The maximum Gasteiger partial charge on any atom is 0.326 e. The summed E-state index contributed by atoms with van der Waals surface area (Å²) in [5, 5.41) is 19.9. The molecule has 152 valence electrons. The van der Waals surface area contributed by atoms with Crippen molar-refractivity contribution in [2.75, 3.05) is 11.4 Å². The number of nitrogens with one attached hydrogen (secondary N) is 2. The zero-order chi connectivity index (χ0) is 20.8. The van der Waals surface area contributed by atoms with Crippen molar-refractivity contribution < 1.29 is 19.1 Å². The highest BCUT2D eigenvalue weighted by molar-refractivity contribution is 6.06.